The van der Waals surface area contributed by atoms with Crippen LogP contribution in [0.25, 0.3) is 0 Å². The molecule has 0 radical (unpaired) electrons. The molecule has 0 unspecified atom stereocenters. The van der Waals surface area contributed by atoms with Crippen molar-refractivity contribution in [2.75, 3.05) is 32.1 Å². The van der Waals surface area contributed by atoms with E-state index in [2.05, 4.69) is 28.6 Å². The van der Waals surface area contributed by atoms with Gasteiger partial charge in [0.2, 0.25) is 0 Å². The lowest BCUT2D eigenvalue weighted by Crippen LogP contribution is -2.29. The molecule has 1 amide bonds. The Morgan fingerprint density at radius 1 is 1.17 bits per heavy atom. The predicted molar refractivity (Wildman–Crippen MR) is 112 cm³/mol. The number of aromatic nitrogens is 1. The molecule has 0 aliphatic rings. The summed E-state index contributed by atoms with van der Waals surface area (Å²) in [5.74, 6) is 1.48. The van der Waals surface area contributed by atoms with Gasteiger partial charge in [-0.05, 0) is 36.8 Å². The maximum absolute atomic E-state index is 12.4. The van der Waals surface area contributed by atoms with Gasteiger partial charge in [0.1, 0.15) is 11.9 Å². The van der Waals surface area contributed by atoms with E-state index >= 15 is 0 Å². The largest absolute Gasteiger partial charge is 0.493 e. The molecule has 1 aromatic carbocycles. The van der Waals surface area contributed by atoms with Gasteiger partial charge in [-0.1, -0.05) is 26.2 Å². The molecule has 2 rings (SSSR count). The first kappa shape index (κ1) is 22.0. The molecule has 7 nitrogen and oxygen atoms in total. The third kappa shape index (κ3) is 7.00. The highest BCUT2D eigenvalue weighted by molar-refractivity contribution is 5.94. The van der Waals surface area contributed by atoms with Crippen LogP contribution in [0, 0.1) is 11.3 Å². The van der Waals surface area contributed by atoms with Crippen molar-refractivity contribution in [2.24, 2.45) is 0 Å². The topological polar surface area (TPSA) is 96.3 Å². The van der Waals surface area contributed by atoms with E-state index in [0.717, 1.165) is 12.8 Å². The highest BCUT2D eigenvalue weighted by atomic mass is 16.5. The van der Waals surface area contributed by atoms with E-state index in [9.17, 15) is 4.79 Å². The SMILES string of the molecule is CCCCCCOc1ccc(C(=O)NCCNc2ncccc2C#N)cc1OC. The third-order valence-corrected chi connectivity index (χ3v) is 4.31. The molecule has 1 aromatic heterocycles. The number of amides is 1. The zero-order valence-corrected chi connectivity index (χ0v) is 17.0. The second-order valence-electron chi connectivity index (χ2n) is 6.47. The van der Waals surface area contributed by atoms with E-state index in [0.29, 0.717) is 48.1 Å². The second-order valence-corrected chi connectivity index (χ2v) is 6.47. The number of methoxy groups -OCH3 is 1. The number of ether oxygens (including phenoxy) is 2. The average molecular weight is 396 g/mol. The number of pyridine rings is 1. The molecule has 0 atom stereocenters. The van der Waals surface area contributed by atoms with E-state index in [4.69, 9.17) is 14.7 Å². The fourth-order valence-corrected chi connectivity index (χ4v) is 2.73. The molecule has 7 heteroatoms. The summed E-state index contributed by atoms with van der Waals surface area (Å²) in [7, 11) is 1.56. The Labute approximate surface area is 172 Å². The van der Waals surface area contributed by atoms with Crippen molar-refractivity contribution in [1.82, 2.24) is 10.3 Å². The molecule has 2 N–H and O–H groups in total. The molecule has 0 aliphatic carbocycles. The zero-order valence-electron chi connectivity index (χ0n) is 17.0. The minimum Gasteiger partial charge on any atom is -0.493 e. The number of rotatable bonds is 12. The quantitative estimate of drug-likeness (QED) is 0.530. The normalized spacial score (nSPS) is 10.1. The van der Waals surface area contributed by atoms with Gasteiger partial charge in [-0.2, -0.15) is 5.26 Å². The number of anilines is 1. The lowest BCUT2D eigenvalue weighted by atomic mass is 10.2. The number of nitrogens with zero attached hydrogens (tertiary/aromatic N) is 2. The molecule has 2 aromatic rings. The number of hydrogen-bond acceptors (Lipinski definition) is 6. The van der Waals surface area contributed by atoms with Crippen molar-refractivity contribution in [2.45, 2.75) is 32.6 Å². The third-order valence-electron chi connectivity index (χ3n) is 4.31. The van der Waals surface area contributed by atoms with E-state index in [-0.39, 0.29) is 5.91 Å². The zero-order chi connectivity index (χ0) is 20.9. The number of benzene rings is 1. The summed E-state index contributed by atoms with van der Waals surface area (Å²) in [6, 6.07) is 10.6. The Kier molecular flexibility index (Phi) is 9.30. The van der Waals surface area contributed by atoms with Gasteiger partial charge in [0, 0.05) is 24.8 Å². The van der Waals surface area contributed by atoms with Crippen molar-refractivity contribution in [1.29, 1.82) is 5.26 Å². The van der Waals surface area contributed by atoms with Crippen LogP contribution in [0.15, 0.2) is 36.5 Å². The summed E-state index contributed by atoms with van der Waals surface area (Å²) in [6.45, 7) is 3.64. The van der Waals surface area contributed by atoms with Gasteiger partial charge in [-0.3, -0.25) is 4.79 Å². The molecule has 154 valence electrons. The van der Waals surface area contributed by atoms with Crippen LogP contribution in [0.4, 0.5) is 5.82 Å². The minimum atomic E-state index is -0.207. The molecule has 29 heavy (non-hydrogen) atoms. The molecular weight excluding hydrogens is 368 g/mol. The Hall–Kier alpha value is -3.27. The van der Waals surface area contributed by atoms with E-state index in [1.165, 1.54) is 12.8 Å². The molecule has 0 aliphatic heterocycles. The Morgan fingerprint density at radius 2 is 2.03 bits per heavy atom. The van der Waals surface area contributed by atoms with Crippen LogP contribution in [0.3, 0.4) is 0 Å². The van der Waals surface area contributed by atoms with Crippen molar-refractivity contribution < 1.29 is 14.3 Å². The summed E-state index contributed by atoms with van der Waals surface area (Å²) in [4.78, 5) is 16.5. The molecule has 0 spiro atoms. The summed E-state index contributed by atoms with van der Waals surface area (Å²) in [5, 5.41) is 14.9. The Bertz CT molecular complexity index is 833. The predicted octanol–water partition coefficient (Wildman–Crippen LogP) is 3.76. The van der Waals surface area contributed by atoms with Crippen LogP contribution in [0.1, 0.15) is 48.5 Å². The first-order chi connectivity index (χ1) is 14.2. The van der Waals surface area contributed by atoms with Crippen LogP contribution in [0.2, 0.25) is 0 Å². The van der Waals surface area contributed by atoms with Crippen LogP contribution < -0.4 is 20.1 Å². The fourth-order valence-electron chi connectivity index (χ4n) is 2.73. The molecular formula is C22H28N4O3. The van der Waals surface area contributed by atoms with Gasteiger partial charge >= 0.3 is 0 Å². The lowest BCUT2D eigenvalue weighted by Gasteiger charge is -2.13. The molecule has 1 heterocycles. The number of carbonyl (C=O) groups is 1. The van der Waals surface area contributed by atoms with Crippen molar-refractivity contribution in [3.63, 3.8) is 0 Å². The van der Waals surface area contributed by atoms with Gasteiger partial charge in [-0.25, -0.2) is 4.98 Å². The summed E-state index contributed by atoms with van der Waals surface area (Å²) in [5.41, 5.74) is 0.963. The van der Waals surface area contributed by atoms with E-state index < -0.39 is 0 Å². The maximum Gasteiger partial charge on any atom is 0.251 e. The monoisotopic (exact) mass is 396 g/mol. The smallest absolute Gasteiger partial charge is 0.251 e. The van der Waals surface area contributed by atoms with E-state index in [1.807, 2.05) is 0 Å². The van der Waals surface area contributed by atoms with Crippen LogP contribution in [-0.2, 0) is 0 Å². The highest BCUT2D eigenvalue weighted by Gasteiger charge is 2.11. The number of nitrogens with one attached hydrogen (secondary N) is 2. The molecule has 0 fully saturated rings. The van der Waals surface area contributed by atoms with E-state index in [1.54, 1.807) is 43.6 Å². The number of unbranched alkanes of at least 4 members (excludes halogenated alkanes) is 3. The average Bonchev–Trinajstić information content (AvgIpc) is 2.76. The van der Waals surface area contributed by atoms with Gasteiger partial charge in [0.05, 0.1) is 19.3 Å². The van der Waals surface area contributed by atoms with Crippen molar-refractivity contribution >= 4 is 11.7 Å². The fraction of sp³-hybridized carbons (Fsp3) is 0.409. The van der Waals surface area contributed by atoms with Gasteiger partial charge < -0.3 is 20.1 Å². The van der Waals surface area contributed by atoms with Crippen molar-refractivity contribution in [3.8, 4) is 17.6 Å². The number of carbonyl (C=O) groups excluding carboxylic acids is 1. The summed E-state index contributed by atoms with van der Waals surface area (Å²) >= 11 is 0. The Balaban J connectivity index is 1.83. The standard InChI is InChI=1S/C22H28N4O3/c1-3-4-5-6-14-29-19-10-9-17(15-20(19)28-2)22(27)26-13-12-25-21-18(16-23)8-7-11-24-21/h7-11,15H,3-6,12-14H2,1-2H3,(H,24,25)(H,26,27). The molecule has 0 saturated heterocycles. The summed E-state index contributed by atoms with van der Waals surface area (Å²) in [6.07, 6.45) is 6.13. The second kappa shape index (κ2) is 12.2. The van der Waals surface area contributed by atoms with Crippen molar-refractivity contribution in [3.05, 3.63) is 47.7 Å². The number of hydrogen-bond donors (Lipinski definition) is 2. The van der Waals surface area contributed by atoms with Gasteiger partial charge in [0.25, 0.3) is 5.91 Å². The number of nitriles is 1. The first-order valence-electron chi connectivity index (χ1n) is 9.87. The van der Waals surface area contributed by atoms with Crippen LogP contribution in [0.5, 0.6) is 11.5 Å². The van der Waals surface area contributed by atoms with Gasteiger partial charge in [0.15, 0.2) is 11.5 Å². The molecule has 0 bridgehead atoms. The summed E-state index contributed by atoms with van der Waals surface area (Å²) < 4.78 is 11.1. The van der Waals surface area contributed by atoms with Gasteiger partial charge in [-0.15, -0.1) is 0 Å². The van der Waals surface area contributed by atoms with Crippen LogP contribution in [-0.4, -0.2) is 37.7 Å². The maximum atomic E-state index is 12.4. The lowest BCUT2D eigenvalue weighted by molar-refractivity contribution is 0.0954. The molecule has 0 saturated carbocycles. The Morgan fingerprint density at radius 3 is 2.79 bits per heavy atom. The minimum absolute atomic E-state index is 0.207. The first-order valence-corrected chi connectivity index (χ1v) is 9.87. The van der Waals surface area contributed by atoms with Crippen LogP contribution >= 0.6 is 0 Å². The highest BCUT2D eigenvalue weighted by Crippen LogP contribution is 2.28.